The lowest BCUT2D eigenvalue weighted by Gasteiger charge is -2.25. The number of benzene rings is 1. The molecule has 1 aliphatic carbocycles. The highest BCUT2D eigenvalue weighted by atomic mass is 35.5. The van der Waals surface area contributed by atoms with Crippen LogP contribution in [0.1, 0.15) is 44.1 Å². The van der Waals surface area contributed by atoms with Gasteiger partial charge in [0.05, 0.1) is 0 Å². The first-order chi connectivity index (χ1) is 8.84. The van der Waals surface area contributed by atoms with Crippen molar-refractivity contribution in [3.05, 3.63) is 35.9 Å². The second-order valence-corrected chi connectivity index (χ2v) is 5.96. The van der Waals surface area contributed by atoms with E-state index in [0.717, 1.165) is 12.6 Å². The van der Waals surface area contributed by atoms with Gasteiger partial charge in [0.2, 0.25) is 0 Å². The van der Waals surface area contributed by atoms with Crippen LogP contribution in [-0.2, 0) is 6.42 Å². The molecule has 0 saturated heterocycles. The van der Waals surface area contributed by atoms with Crippen LogP contribution in [0.15, 0.2) is 30.3 Å². The first-order valence-electron chi connectivity index (χ1n) is 7.26. The van der Waals surface area contributed by atoms with E-state index in [1.165, 1.54) is 50.5 Å². The van der Waals surface area contributed by atoms with Crippen LogP contribution in [0.5, 0.6) is 0 Å². The van der Waals surface area contributed by atoms with Gasteiger partial charge in [-0.15, -0.1) is 11.6 Å². The molecule has 1 nitrogen and oxygen atoms in total. The average molecular weight is 266 g/mol. The smallest absolute Gasteiger partial charge is 0.0337 e. The summed E-state index contributed by atoms with van der Waals surface area (Å²) in [6.45, 7) is 1.16. The minimum absolute atomic E-state index is 0.432. The minimum Gasteiger partial charge on any atom is -0.314 e. The van der Waals surface area contributed by atoms with Gasteiger partial charge in [0.25, 0.3) is 0 Å². The molecule has 100 valence electrons. The summed E-state index contributed by atoms with van der Waals surface area (Å²) in [6, 6.07) is 11.5. The summed E-state index contributed by atoms with van der Waals surface area (Å²) in [7, 11) is 0. The number of nitrogens with one attached hydrogen (secondary N) is 1. The van der Waals surface area contributed by atoms with Crippen LogP contribution in [0.2, 0.25) is 0 Å². The lowest BCUT2D eigenvalue weighted by molar-refractivity contribution is 0.374. The standard InChI is InChI=1S/C16H24ClN/c17-15-9-11-16(12-10-15)18-13-5-4-8-14-6-2-1-3-7-14/h1-3,6-7,15-16,18H,4-5,8-13H2. The molecule has 0 heterocycles. The summed E-state index contributed by atoms with van der Waals surface area (Å²) < 4.78 is 0. The van der Waals surface area contributed by atoms with Crippen LogP contribution >= 0.6 is 11.6 Å². The van der Waals surface area contributed by atoms with Gasteiger partial charge in [-0.3, -0.25) is 0 Å². The molecule has 2 rings (SSSR count). The molecule has 2 heteroatoms. The van der Waals surface area contributed by atoms with Gasteiger partial charge in [-0.05, 0) is 57.1 Å². The maximum absolute atomic E-state index is 6.11. The van der Waals surface area contributed by atoms with Crippen molar-refractivity contribution in [3.8, 4) is 0 Å². The van der Waals surface area contributed by atoms with Crippen LogP contribution in [0.4, 0.5) is 0 Å². The summed E-state index contributed by atoms with van der Waals surface area (Å²) in [6.07, 6.45) is 8.64. The van der Waals surface area contributed by atoms with Gasteiger partial charge in [0.15, 0.2) is 0 Å². The predicted octanol–water partition coefficient (Wildman–Crippen LogP) is 4.15. The quantitative estimate of drug-likeness (QED) is 0.602. The van der Waals surface area contributed by atoms with Crippen LogP contribution in [0.3, 0.4) is 0 Å². The van der Waals surface area contributed by atoms with Gasteiger partial charge < -0.3 is 5.32 Å². The zero-order chi connectivity index (χ0) is 12.6. The maximum Gasteiger partial charge on any atom is 0.0337 e. The molecule has 0 unspecified atom stereocenters. The van der Waals surface area contributed by atoms with E-state index in [1.54, 1.807) is 0 Å². The Morgan fingerprint density at radius 3 is 2.44 bits per heavy atom. The van der Waals surface area contributed by atoms with Gasteiger partial charge in [0, 0.05) is 11.4 Å². The number of alkyl halides is 1. The zero-order valence-corrected chi connectivity index (χ0v) is 11.8. The van der Waals surface area contributed by atoms with Gasteiger partial charge in [-0.25, -0.2) is 0 Å². The molecule has 0 atom stereocenters. The van der Waals surface area contributed by atoms with E-state index < -0.39 is 0 Å². The van der Waals surface area contributed by atoms with Gasteiger partial charge in [-0.2, -0.15) is 0 Å². The number of aryl methyl sites for hydroxylation is 1. The van der Waals surface area contributed by atoms with Crippen molar-refractivity contribution in [1.82, 2.24) is 5.32 Å². The molecule has 0 radical (unpaired) electrons. The molecule has 1 aromatic carbocycles. The fraction of sp³-hybridized carbons (Fsp3) is 0.625. The SMILES string of the molecule is ClC1CCC(NCCCCc2ccccc2)CC1. The molecule has 0 bridgehead atoms. The Kier molecular flexibility index (Phi) is 6.02. The molecule has 0 aromatic heterocycles. The molecular formula is C16H24ClN. The summed E-state index contributed by atoms with van der Waals surface area (Å²) in [5.41, 5.74) is 1.46. The van der Waals surface area contributed by atoms with Crippen LogP contribution in [0, 0.1) is 0 Å². The average Bonchev–Trinajstić information content (AvgIpc) is 2.42. The lowest BCUT2D eigenvalue weighted by Crippen LogP contribution is -2.34. The van der Waals surface area contributed by atoms with Gasteiger partial charge in [-0.1, -0.05) is 30.3 Å². The topological polar surface area (TPSA) is 12.0 Å². The Labute approximate surface area is 116 Å². The van der Waals surface area contributed by atoms with Crippen molar-refractivity contribution < 1.29 is 0 Å². The molecule has 1 N–H and O–H groups in total. The number of rotatable bonds is 6. The molecule has 0 amide bonds. The molecule has 1 fully saturated rings. The molecule has 1 aromatic rings. The van der Waals surface area contributed by atoms with E-state index in [2.05, 4.69) is 35.6 Å². The van der Waals surface area contributed by atoms with Crippen molar-refractivity contribution >= 4 is 11.6 Å². The lowest BCUT2D eigenvalue weighted by atomic mass is 9.95. The first kappa shape index (κ1) is 13.9. The van der Waals surface area contributed by atoms with Crippen LogP contribution < -0.4 is 5.32 Å². The summed E-state index contributed by atoms with van der Waals surface area (Å²) in [5, 5.41) is 4.10. The highest BCUT2D eigenvalue weighted by Crippen LogP contribution is 2.22. The molecule has 0 aliphatic heterocycles. The molecule has 18 heavy (non-hydrogen) atoms. The summed E-state index contributed by atoms with van der Waals surface area (Å²) >= 11 is 6.11. The van der Waals surface area contributed by atoms with Gasteiger partial charge in [0.1, 0.15) is 0 Å². The number of hydrogen-bond acceptors (Lipinski definition) is 1. The van der Waals surface area contributed by atoms with Crippen molar-refractivity contribution in [2.45, 2.75) is 56.4 Å². The third kappa shape index (κ3) is 4.99. The van der Waals surface area contributed by atoms with E-state index in [0.29, 0.717) is 5.38 Å². The Bertz CT molecular complexity index is 317. The largest absolute Gasteiger partial charge is 0.314 e. The highest BCUT2D eigenvalue weighted by molar-refractivity contribution is 6.20. The Morgan fingerprint density at radius 2 is 1.72 bits per heavy atom. The third-order valence-corrected chi connectivity index (χ3v) is 4.26. The summed E-state index contributed by atoms with van der Waals surface area (Å²) in [4.78, 5) is 0. The summed E-state index contributed by atoms with van der Waals surface area (Å²) in [5.74, 6) is 0. The maximum atomic E-state index is 6.11. The monoisotopic (exact) mass is 265 g/mol. The van der Waals surface area contributed by atoms with E-state index in [1.807, 2.05) is 0 Å². The fourth-order valence-corrected chi connectivity index (χ4v) is 2.91. The number of unbranched alkanes of at least 4 members (excludes halogenated alkanes) is 1. The first-order valence-corrected chi connectivity index (χ1v) is 7.69. The van der Waals surface area contributed by atoms with Crippen molar-refractivity contribution in [3.63, 3.8) is 0 Å². The Balaban J connectivity index is 1.51. The highest BCUT2D eigenvalue weighted by Gasteiger charge is 2.18. The second-order valence-electron chi connectivity index (χ2n) is 5.35. The Morgan fingerprint density at radius 1 is 1.00 bits per heavy atom. The van der Waals surface area contributed by atoms with Crippen LogP contribution in [0.25, 0.3) is 0 Å². The van der Waals surface area contributed by atoms with Crippen molar-refractivity contribution in [2.24, 2.45) is 0 Å². The predicted molar refractivity (Wildman–Crippen MR) is 79.3 cm³/mol. The van der Waals surface area contributed by atoms with Crippen molar-refractivity contribution in [2.75, 3.05) is 6.54 Å². The number of hydrogen-bond donors (Lipinski definition) is 1. The zero-order valence-electron chi connectivity index (χ0n) is 11.1. The normalized spacial score (nSPS) is 24.1. The van der Waals surface area contributed by atoms with E-state index in [9.17, 15) is 0 Å². The molecule has 1 saturated carbocycles. The van der Waals surface area contributed by atoms with E-state index >= 15 is 0 Å². The van der Waals surface area contributed by atoms with Crippen LogP contribution in [-0.4, -0.2) is 18.0 Å². The third-order valence-electron chi connectivity index (χ3n) is 3.82. The van der Waals surface area contributed by atoms with Gasteiger partial charge >= 0.3 is 0 Å². The number of halogens is 1. The van der Waals surface area contributed by atoms with E-state index in [-0.39, 0.29) is 0 Å². The van der Waals surface area contributed by atoms with Crippen molar-refractivity contribution in [1.29, 1.82) is 0 Å². The molecule has 1 aliphatic rings. The molecular weight excluding hydrogens is 242 g/mol. The minimum atomic E-state index is 0.432. The second kappa shape index (κ2) is 7.81. The fourth-order valence-electron chi connectivity index (χ4n) is 2.66. The Hall–Kier alpha value is -0.530. The van der Waals surface area contributed by atoms with E-state index in [4.69, 9.17) is 11.6 Å². The molecule has 0 spiro atoms.